The number of sulfonamides is 1. The fraction of sp³-hybridized carbons (Fsp3) is 0.111. The summed E-state index contributed by atoms with van der Waals surface area (Å²) in [6, 6.07) is 12.5. The van der Waals surface area contributed by atoms with Gasteiger partial charge in [-0.05, 0) is 36.4 Å². The van der Waals surface area contributed by atoms with Crippen molar-refractivity contribution in [1.29, 1.82) is 5.26 Å². The van der Waals surface area contributed by atoms with E-state index in [1.807, 2.05) is 6.07 Å². The summed E-state index contributed by atoms with van der Waals surface area (Å²) in [5.41, 5.74) is 1.12. The van der Waals surface area contributed by atoms with Gasteiger partial charge >= 0.3 is 0 Å². The molecule has 1 unspecified atom stereocenters. The van der Waals surface area contributed by atoms with Crippen LogP contribution in [-0.4, -0.2) is 31.6 Å². The number of nitrogens with zero attached hydrogens (tertiary/aromatic N) is 3. The lowest BCUT2D eigenvalue weighted by Crippen LogP contribution is -2.37. The van der Waals surface area contributed by atoms with Crippen molar-refractivity contribution in [2.75, 3.05) is 21.6 Å². The molecule has 1 heterocycles. The third-order valence-corrected chi connectivity index (χ3v) is 4.73. The molecule has 1 atom stereocenters. The lowest BCUT2D eigenvalue weighted by Gasteiger charge is -2.30. The number of benzene rings is 2. The fourth-order valence-corrected chi connectivity index (χ4v) is 3.28. The number of nitrogens with one attached hydrogen (secondary N) is 3. The molecule has 3 rings (SSSR count). The number of halogens is 2. The first-order chi connectivity index (χ1) is 13.8. The van der Waals surface area contributed by atoms with Gasteiger partial charge in [0.2, 0.25) is 16.3 Å². The number of hydrogen-bond acceptors (Lipinski definition) is 7. The van der Waals surface area contributed by atoms with Gasteiger partial charge in [-0.1, -0.05) is 12.1 Å². The fourth-order valence-electron chi connectivity index (χ4n) is 2.51. The van der Waals surface area contributed by atoms with Crippen LogP contribution in [0, 0.1) is 17.1 Å². The van der Waals surface area contributed by atoms with Crippen LogP contribution in [0.1, 0.15) is 5.56 Å². The number of aliphatic imine (C=N–C) groups is 1. The summed E-state index contributed by atoms with van der Waals surface area (Å²) in [4.78, 5) is 4.16. The Morgan fingerprint density at radius 2 is 1.93 bits per heavy atom. The highest BCUT2D eigenvalue weighted by Gasteiger charge is 2.23. The smallest absolute Gasteiger partial charge is 0.229 e. The number of anilines is 3. The van der Waals surface area contributed by atoms with E-state index >= 15 is 0 Å². The summed E-state index contributed by atoms with van der Waals surface area (Å²) >= 11 is 6.36. The Bertz CT molecular complexity index is 1130. The van der Waals surface area contributed by atoms with Crippen molar-refractivity contribution in [2.45, 2.75) is 6.29 Å². The molecule has 0 aromatic heterocycles. The van der Waals surface area contributed by atoms with Gasteiger partial charge in [0.05, 0.1) is 35.0 Å². The number of nitriles is 1. The normalized spacial score (nSPS) is 16.0. The van der Waals surface area contributed by atoms with E-state index < -0.39 is 22.1 Å². The summed E-state index contributed by atoms with van der Waals surface area (Å²) in [6.07, 6.45) is 3.27. The van der Waals surface area contributed by atoms with Crippen LogP contribution in [-0.2, 0) is 10.0 Å². The summed E-state index contributed by atoms with van der Waals surface area (Å²) in [5.74, 6) is -0.230. The zero-order valence-corrected chi connectivity index (χ0v) is 16.7. The van der Waals surface area contributed by atoms with E-state index in [-0.39, 0.29) is 11.3 Å². The van der Waals surface area contributed by atoms with Gasteiger partial charge in [-0.15, -0.1) is 0 Å². The van der Waals surface area contributed by atoms with Crippen LogP contribution in [0.15, 0.2) is 59.4 Å². The molecule has 0 saturated carbocycles. The van der Waals surface area contributed by atoms with Crippen LogP contribution in [0.5, 0.6) is 0 Å². The monoisotopic (exact) mass is 434 g/mol. The standard InChI is InChI=1S/C18H16ClFN6O2S/c1-29(27,28)25-16-5-3-2-4-15(16)23-17-8-9-22-18(26(17)19)24-14-7-6-12(11-21)10-13(14)20/h2-10,18,23-25H,1H3. The lowest BCUT2D eigenvalue weighted by molar-refractivity contribution is 0.452. The predicted molar refractivity (Wildman–Crippen MR) is 111 cm³/mol. The molecule has 29 heavy (non-hydrogen) atoms. The zero-order valence-electron chi connectivity index (χ0n) is 15.1. The highest BCUT2D eigenvalue weighted by atomic mass is 35.5. The van der Waals surface area contributed by atoms with Gasteiger partial charge in [-0.2, -0.15) is 5.26 Å². The Labute approximate surface area is 172 Å². The Morgan fingerprint density at radius 3 is 2.59 bits per heavy atom. The quantitative estimate of drug-likeness (QED) is 0.602. The van der Waals surface area contributed by atoms with Crippen molar-refractivity contribution in [3.8, 4) is 6.07 Å². The van der Waals surface area contributed by atoms with Crippen LogP contribution < -0.4 is 15.4 Å². The molecule has 1 aliphatic heterocycles. The van der Waals surface area contributed by atoms with Gasteiger partial charge in [-0.3, -0.25) is 4.72 Å². The second-order valence-electron chi connectivity index (χ2n) is 6.03. The minimum Gasteiger partial charge on any atom is -0.343 e. The Kier molecular flexibility index (Phi) is 5.91. The van der Waals surface area contributed by atoms with Crippen LogP contribution >= 0.6 is 11.8 Å². The average molecular weight is 435 g/mol. The Balaban J connectivity index is 1.78. The summed E-state index contributed by atoms with van der Waals surface area (Å²) in [5, 5.41) is 14.7. The van der Waals surface area contributed by atoms with E-state index in [9.17, 15) is 12.8 Å². The largest absolute Gasteiger partial charge is 0.343 e. The highest BCUT2D eigenvalue weighted by Crippen LogP contribution is 2.27. The molecule has 0 bridgehead atoms. The van der Waals surface area contributed by atoms with E-state index in [1.54, 1.807) is 30.3 Å². The van der Waals surface area contributed by atoms with Crippen LogP contribution in [0.3, 0.4) is 0 Å². The molecule has 2 aromatic carbocycles. The molecule has 0 radical (unpaired) electrons. The van der Waals surface area contributed by atoms with Gasteiger partial charge < -0.3 is 10.6 Å². The number of para-hydroxylation sites is 2. The van der Waals surface area contributed by atoms with Gasteiger partial charge in [0.1, 0.15) is 11.6 Å². The Hall–Kier alpha value is -3.29. The molecule has 150 valence electrons. The molecule has 0 aliphatic carbocycles. The van der Waals surface area contributed by atoms with Gasteiger partial charge in [0.25, 0.3) is 0 Å². The van der Waals surface area contributed by atoms with Crippen molar-refractivity contribution in [3.63, 3.8) is 0 Å². The molecule has 8 nitrogen and oxygen atoms in total. The second-order valence-corrected chi connectivity index (χ2v) is 8.14. The van der Waals surface area contributed by atoms with Crippen LogP contribution in [0.4, 0.5) is 21.5 Å². The van der Waals surface area contributed by atoms with E-state index in [0.29, 0.717) is 17.2 Å². The molecule has 0 fully saturated rings. The van der Waals surface area contributed by atoms with E-state index in [1.165, 1.54) is 22.8 Å². The van der Waals surface area contributed by atoms with Gasteiger partial charge in [-0.25, -0.2) is 22.2 Å². The third kappa shape index (κ3) is 5.16. The topological polar surface area (TPSA) is 110 Å². The number of hydrogen-bond donors (Lipinski definition) is 3. The summed E-state index contributed by atoms with van der Waals surface area (Å²) in [7, 11) is -3.48. The SMILES string of the molecule is CS(=O)(=O)Nc1ccccc1NC1=CC=NC(Nc2ccc(C#N)cc2F)N1Cl. The number of rotatable bonds is 6. The highest BCUT2D eigenvalue weighted by molar-refractivity contribution is 7.92. The van der Waals surface area contributed by atoms with Crippen molar-refractivity contribution < 1.29 is 12.8 Å². The van der Waals surface area contributed by atoms with Crippen molar-refractivity contribution in [2.24, 2.45) is 4.99 Å². The summed E-state index contributed by atoms with van der Waals surface area (Å²) in [6.45, 7) is 0. The molecular formula is C18H16ClFN6O2S. The maximum Gasteiger partial charge on any atom is 0.229 e. The molecule has 11 heteroatoms. The lowest BCUT2D eigenvalue weighted by atomic mass is 10.2. The first-order valence-corrected chi connectivity index (χ1v) is 10.5. The summed E-state index contributed by atoms with van der Waals surface area (Å²) < 4.78 is 40.9. The molecule has 1 aliphatic rings. The molecule has 0 spiro atoms. The maximum absolute atomic E-state index is 14.2. The zero-order chi connectivity index (χ0) is 21.0. The molecule has 3 N–H and O–H groups in total. The molecule has 0 amide bonds. The molecular weight excluding hydrogens is 419 g/mol. The van der Waals surface area contributed by atoms with E-state index in [4.69, 9.17) is 17.0 Å². The first kappa shape index (κ1) is 20.4. The van der Waals surface area contributed by atoms with Crippen LogP contribution in [0.25, 0.3) is 0 Å². The van der Waals surface area contributed by atoms with E-state index in [2.05, 4.69) is 20.3 Å². The first-order valence-electron chi connectivity index (χ1n) is 8.25. The Morgan fingerprint density at radius 1 is 1.21 bits per heavy atom. The van der Waals surface area contributed by atoms with Gasteiger partial charge in [0.15, 0.2) is 0 Å². The van der Waals surface area contributed by atoms with Gasteiger partial charge in [0, 0.05) is 18.0 Å². The molecule has 2 aromatic rings. The molecule has 0 saturated heterocycles. The third-order valence-electron chi connectivity index (χ3n) is 3.77. The number of allylic oxidation sites excluding steroid dienone is 1. The predicted octanol–water partition coefficient (Wildman–Crippen LogP) is 3.26. The minimum atomic E-state index is -3.48. The van der Waals surface area contributed by atoms with Crippen molar-refractivity contribution in [3.05, 3.63) is 65.7 Å². The maximum atomic E-state index is 14.2. The second kappa shape index (κ2) is 8.38. The minimum absolute atomic E-state index is 0.122. The van der Waals surface area contributed by atoms with Crippen LogP contribution in [0.2, 0.25) is 0 Å². The van der Waals surface area contributed by atoms with E-state index in [0.717, 1.165) is 12.3 Å². The van der Waals surface area contributed by atoms with Crippen molar-refractivity contribution >= 4 is 45.1 Å². The van der Waals surface area contributed by atoms with Crippen molar-refractivity contribution in [1.82, 2.24) is 4.42 Å². The average Bonchev–Trinajstić information content (AvgIpc) is 2.66.